The molecule has 4 nitrogen and oxygen atoms in total. The molecular formula is C41H27N3OSSi. The number of hydrogen-bond acceptors (Lipinski definition) is 5. The molecule has 222 valence electrons. The number of thiophene rings is 1. The molecule has 0 saturated carbocycles. The molecule has 0 spiro atoms. The summed E-state index contributed by atoms with van der Waals surface area (Å²) >= 11 is 1.80. The highest BCUT2D eigenvalue weighted by Crippen LogP contribution is 2.44. The largest absolute Gasteiger partial charge is 0.455 e. The van der Waals surface area contributed by atoms with Gasteiger partial charge in [-0.25, -0.2) is 15.0 Å². The Morgan fingerprint density at radius 3 is 2.09 bits per heavy atom. The number of benzene rings is 6. The molecule has 1 aliphatic rings. The van der Waals surface area contributed by atoms with E-state index in [2.05, 4.69) is 116 Å². The summed E-state index contributed by atoms with van der Waals surface area (Å²) in [5.41, 5.74) is 7.21. The van der Waals surface area contributed by atoms with E-state index in [9.17, 15) is 0 Å². The molecule has 3 aromatic heterocycles. The molecular weight excluding hydrogens is 611 g/mol. The Bertz CT molecular complexity index is 2730. The second-order valence-corrected chi connectivity index (χ2v) is 18.2. The van der Waals surface area contributed by atoms with Crippen LogP contribution >= 0.6 is 11.3 Å². The molecule has 0 atom stereocenters. The molecule has 0 amide bonds. The minimum absolute atomic E-state index is 0.656. The zero-order valence-corrected chi connectivity index (χ0v) is 27.6. The lowest BCUT2D eigenvalue weighted by atomic mass is 9.98. The van der Waals surface area contributed by atoms with E-state index in [0.29, 0.717) is 17.5 Å². The van der Waals surface area contributed by atoms with E-state index in [1.165, 1.54) is 41.7 Å². The van der Waals surface area contributed by atoms with Crippen LogP contribution in [0.15, 0.2) is 132 Å². The van der Waals surface area contributed by atoms with Crippen LogP contribution in [-0.2, 0) is 0 Å². The molecule has 1 aliphatic heterocycles. The summed E-state index contributed by atoms with van der Waals surface area (Å²) in [4.78, 5) is 15.6. The summed E-state index contributed by atoms with van der Waals surface area (Å²) in [5, 5.41) is 7.45. The van der Waals surface area contributed by atoms with Gasteiger partial charge in [-0.3, -0.25) is 0 Å². The first-order valence-electron chi connectivity index (χ1n) is 15.9. The zero-order valence-electron chi connectivity index (χ0n) is 25.8. The Morgan fingerprint density at radius 2 is 1.21 bits per heavy atom. The Kier molecular flexibility index (Phi) is 5.57. The second kappa shape index (κ2) is 9.78. The van der Waals surface area contributed by atoms with Gasteiger partial charge in [-0.05, 0) is 40.2 Å². The van der Waals surface area contributed by atoms with Gasteiger partial charge in [0.15, 0.2) is 17.5 Å². The van der Waals surface area contributed by atoms with Gasteiger partial charge in [-0.1, -0.05) is 116 Å². The van der Waals surface area contributed by atoms with Gasteiger partial charge in [-0.15, -0.1) is 11.3 Å². The molecule has 6 aromatic carbocycles. The smallest absolute Gasteiger partial charge is 0.164 e. The summed E-state index contributed by atoms with van der Waals surface area (Å²) in [6, 6.07) is 44.9. The Hall–Kier alpha value is -5.43. The Labute approximate surface area is 276 Å². The molecule has 0 unspecified atom stereocenters. The number of aromatic nitrogens is 3. The fraction of sp³-hybridized carbons (Fsp3) is 0.0488. The van der Waals surface area contributed by atoms with Gasteiger partial charge in [0.25, 0.3) is 0 Å². The van der Waals surface area contributed by atoms with Crippen molar-refractivity contribution in [3.63, 3.8) is 0 Å². The Balaban J connectivity index is 1.28. The highest BCUT2D eigenvalue weighted by molar-refractivity contribution is 7.25. The van der Waals surface area contributed by atoms with Crippen LogP contribution in [0, 0.1) is 0 Å². The van der Waals surface area contributed by atoms with Gasteiger partial charge in [0, 0.05) is 53.2 Å². The standard InChI is InChI=1S/C41H27N3OSSi/c1-47(2)34-19-11-8-16-29(34)37-35(47)23-30(36-28-15-6-9-17-31(28)45-38(36)37)41-43-39(24-12-4-3-5-13-24)42-40(44-41)25-20-21-27-26-14-7-10-18-32(26)46-33(27)22-25/h3-23H,1-2H3. The van der Waals surface area contributed by atoms with Crippen LogP contribution in [0.5, 0.6) is 0 Å². The minimum Gasteiger partial charge on any atom is -0.455 e. The van der Waals surface area contributed by atoms with E-state index < -0.39 is 8.07 Å². The topological polar surface area (TPSA) is 51.8 Å². The monoisotopic (exact) mass is 637 g/mol. The van der Waals surface area contributed by atoms with E-state index in [0.717, 1.165) is 38.6 Å². The minimum atomic E-state index is -2.04. The van der Waals surface area contributed by atoms with Crippen LogP contribution in [0.25, 0.3) is 87.4 Å². The lowest BCUT2D eigenvalue weighted by molar-refractivity contribution is 0.670. The van der Waals surface area contributed by atoms with E-state index in [1.807, 2.05) is 24.3 Å². The first-order valence-corrected chi connectivity index (χ1v) is 19.7. The number of para-hydroxylation sites is 1. The highest BCUT2D eigenvalue weighted by atomic mass is 32.1. The normalized spacial score (nSPS) is 13.5. The van der Waals surface area contributed by atoms with Crippen molar-refractivity contribution in [2.24, 2.45) is 0 Å². The summed E-state index contributed by atoms with van der Waals surface area (Å²) in [6.45, 7) is 4.87. The van der Waals surface area contributed by atoms with Crippen molar-refractivity contribution in [1.82, 2.24) is 15.0 Å². The van der Waals surface area contributed by atoms with Gasteiger partial charge in [-0.2, -0.15) is 0 Å². The van der Waals surface area contributed by atoms with Gasteiger partial charge < -0.3 is 4.42 Å². The van der Waals surface area contributed by atoms with Crippen LogP contribution in [0.3, 0.4) is 0 Å². The van der Waals surface area contributed by atoms with E-state index in [1.54, 1.807) is 11.3 Å². The maximum Gasteiger partial charge on any atom is 0.164 e. The van der Waals surface area contributed by atoms with Gasteiger partial charge in [0.2, 0.25) is 0 Å². The number of nitrogens with zero attached hydrogens (tertiary/aromatic N) is 3. The van der Waals surface area contributed by atoms with Crippen molar-refractivity contribution < 1.29 is 4.42 Å². The van der Waals surface area contributed by atoms with Crippen molar-refractivity contribution in [2.45, 2.75) is 13.1 Å². The fourth-order valence-electron chi connectivity index (χ4n) is 7.43. The number of fused-ring (bicyclic) bond motifs is 10. The number of furan rings is 1. The van der Waals surface area contributed by atoms with Crippen molar-refractivity contribution in [2.75, 3.05) is 0 Å². The average Bonchev–Trinajstić information content (AvgIpc) is 3.76. The third kappa shape index (κ3) is 3.89. The van der Waals surface area contributed by atoms with Crippen molar-refractivity contribution >= 4 is 71.9 Å². The Morgan fingerprint density at radius 1 is 0.532 bits per heavy atom. The van der Waals surface area contributed by atoms with E-state index >= 15 is 0 Å². The maximum absolute atomic E-state index is 6.77. The molecule has 0 bridgehead atoms. The molecule has 6 heteroatoms. The third-order valence-corrected chi connectivity index (χ3v) is 14.4. The predicted molar refractivity (Wildman–Crippen MR) is 198 cm³/mol. The summed E-state index contributed by atoms with van der Waals surface area (Å²) in [7, 11) is -2.04. The SMILES string of the molecule is C[Si]1(C)c2ccccc2-c2c1cc(-c1nc(-c3ccccc3)nc(-c3ccc4c(c3)sc3ccccc34)n1)c1c2oc2ccccc21. The van der Waals surface area contributed by atoms with Crippen LogP contribution in [0.1, 0.15) is 0 Å². The number of rotatable bonds is 3. The fourth-order valence-corrected chi connectivity index (χ4v) is 11.6. The molecule has 0 saturated heterocycles. The predicted octanol–water partition coefficient (Wildman–Crippen LogP) is 9.94. The van der Waals surface area contributed by atoms with E-state index in [-0.39, 0.29) is 0 Å². The molecule has 0 N–H and O–H groups in total. The van der Waals surface area contributed by atoms with Crippen LogP contribution < -0.4 is 10.4 Å². The first-order chi connectivity index (χ1) is 23.0. The quantitative estimate of drug-likeness (QED) is 0.181. The number of hydrogen-bond donors (Lipinski definition) is 0. The highest BCUT2D eigenvalue weighted by Gasteiger charge is 2.40. The van der Waals surface area contributed by atoms with Crippen LogP contribution in [0.4, 0.5) is 0 Å². The first kappa shape index (κ1) is 26.8. The molecule has 0 aliphatic carbocycles. The van der Waals surface area contributed by atoms with Gasteiger partial charge >= 0.3 is 0 Å². The summed E-state index contributed by atoms with van der Waals surface area (Å²) < 4.78 is 9.27. The second-order valence-electron chi connectivity index (χ2n) is 12.8. The average molecular weight is 638 g/mol. The molecule has 9 aromatic rings. The van der Waals surface area contributed by atoms with Crippen LogP contribution in [-0.4, -0.2) is 23.0 Å². The lowest BCUT2D eigenvalue weighted by Gasteiger charge is -2.19. The lowest BCUT2D eigenvalue weighted by Crippen LogP contribution is -2.49. The van der Waals surface area contributed by atoms with Crippen molar-refractivity contribution in [3.8, 4) is 45.3 Å². The van der Waals surface area contributed by atoms with Crippen molar-refractivity contribution in [3.05, 3.63) is 127 Å². The molecule has 0 fully saturated rings. The van der Waals surface area contributed by atoms with Gasteiger partial charge in [0.05, 0.1) is 0 Å². The molecule has 0 radical (unpaired) electrons. The summed E-state index contributed by atoms with van der Waals surface area (Å²) in [6.07, 6.45) is 0. The molecule has 4 heterocycles. The van der Waals surface area contributed by atoms with Gasteiger partial charge in [0.1, 0.15) is 19.2 Å². The molecule has 47 heavy (non-hydrogen) atoms. The van der Waals surface area contributed by atoms with Crippen molar-refractivity contribution in [1.29, 1.82) is 0 Å². The summed E-state index contributed by atoms with van der Waals surface area (Å²) in [5.74, 6) is 1.98. The maximum atomic E-state index is 6.77. The third-order valence-electron chi connectivity index (χ3n) is 9.74. The zero-order chi connectivity index (χ0) is 31.3. The molecule has 10 rings (SSSR count). The van der Waals surface area contributed by atoms with Crippen LogP contribution in [0.2, 0.25) is 13.1 Å². The van der Waals surface area contributed by atoms with E-state index in [4.69, 9.17) is 19.4 Å².